The molecular formula is C10H20N4O2. The molecule has 0 aliphatic heterocycles. The number of hydrogen-bond acceptors (Lipinski definition) is 5. The number of hydrogen-bond donors (Lipinski definition) is 1. The van der Waals surface area contributed by atoms with Gasteiger partial charge in [0.1, 0.15) is 12.2 Å². The van der Waals surface area contributed by atoms with Gasteiger partial charge in [-0.25, -0.2) is 9.67 Å². The Hall–Kier alpha value is -0.980. The molecule has 16 heavy (non-hydrogen) atoms. The number of methoxy groups -OCH3 is 2. The van der Waals surface area contributed by atoms with E-state index in [-0.39, 0.29) is 6.10 Å². The summed E-state index contributed by atoms with van der Waals surface area (Å²) in [7, 11) is 3.38. The van der Waals surface area contributed by atoms with E-state index in [1.54, 1.807) is 20.5 Å². The van der Waals surface area contributed by atoms with Crippen LogP contribution in [0.3, 0.4) is 0 Å². The van der Waals surface area contributed by atoms with Crippen LogP contribution in [0.2, 0.25) is 0 Å². The average Bonchev–Trinajstić information content (AvgIpc) is 2.72. The summed E-state index contributed by atoms with van der Waals surface area (Å²) in [6.07, 6.45) is 1.70. The molecule has 1 aromatic heterocycles. The van der Waals surface area contributed by atoms with Gasteiger partial charge in [0.05, 0.1) is 25.8 Å². The zero-order valence-corrected chi connectivity index (χ0v) is 10.1. The van der Waals surface area contributed by atoms with Crippen LogP contribution in [0.15, 0.2) is 6.33 Å². The second kappa shape index (κ2) is 7.32. The molecule has 1 rings (SSSR count). The molecule has 0 amide bonds. The van der Waals surface area contributed by atoms with E-state index < -0.39 is 0 Å². The summed E-state index contributed by atoms with van der Waals surface area (Å²) in [5.41, 5.74) is 0. The zero-order valence-electron chi connectivity index (χ0n) is 10.1. The summed E-state index contributed by atoms with van der Waals surface area (Å²) in [6, 6.07) is 0. The minimum atomic E-state index is 0.138. The number of nitrogens with one attached hydrogen (secondary N) is 1. The summed E-state index contributed by atoms with van der Waals surface area (Å²) < 4.78 is 12.0. The second-order valence-corrected chi connectivity index (χ2v) is 3.57. The first-order valence-electron chi connectivity index (χ1n) is 5.37. The Bertz CT molecular complexity index is 290. The van der Waals surface area contributed by atoms with Crippen molar-refractivity contribution in [2.24, 2.45) is 0 Å². The third-order valence-electron chi connectivity index (χ3n) is 2.29. The third kappa shape index (κ3) is 4.26. The summed E-state index contributed by atoms with van der Waals surface area (Å²) in [5, 5.41) is 7.39. The van der Waals surface area contributed by atoms with Crippen LogP contribution in [0, 0.1) is 0 Å². The Morgan fingerprint density at radius 3 is 3.00 bits per heavy atom. The van der Waals surface area contributed by atoms with Crippen molar-refractivity contribution in [3.63, 3.8) is 0 Å². The molecule has 1 atom stereocenters. The molecule has 0 aliphatic rings. The van der Waals surface area contributed by atoms with Crippen LogP contribution in [0.1, 0.15) is 12.7 Å². The maximum atomic E-state index is 5.19. The topological polar surface area (TPSA) is 61.2 Å². The molecule has 1 N–H and O–H groups in total. The molecule has 0 saturated carbocycles. The van der Waals surface area contributed by atoms with Crippen molar-refractivity contribution in [2.45, 2.75) is 26.1 Å². The van der Waals surface area contributed by atoms with Crippen molar-refractivity contribution < 1.29 is 9.47 Å². The highest BCUT2D eigenvalue weighted by Gasteiger charge is 2.07. The fourth-order valence-corrected chi connectivity index (χ4v) is 1.27. The molecule has 92 valence electrons. The van der Waals surface area contributed by atoms with Crippen LogP contribution in [0.4, 0.5) is 0 Å². The summed E-state index contributed by atoms with van der Waals surface area (Å²) in [5.74, 6) is 0.917. The minimum Gasteiger partial charge on any atom is -0.383 e. The van der Waals surface area contributed by atoms with E-state index in [0.29, 0.717) is 13.2 Å². The lowest BCUT2D eigenvalue weighted by Gasteiger charge is -2.11. The van der Waals surface area contributed by atoms with Gasteiger partial charge in [0, 0.05) is 20.8 Å². The van der Waals surface area contributed by atoms with Gasteiger partial charge in [0.25, 0.3) is 0 Å². The Labute approximate surface area is 96.0 Å². The van der Waals surface area contributed by atoms with Gasteiger partial charge in [-0.3, -0.25) is 0 Å². The van der Waals surface area contributed by atoms with E-state index in [1.165, 1.54) is 0 Å². The van der Waals surface area contributed by atoms with Crippen molar-refractivity contribution in [3.05, 3.63) is 12.2 Å². The summed E-state index contributed by atoms with van der Waals surface area (Å²) >= 11 is 0. The van der Waals surface area contributed by atoms with Crippen molar-refractivity contribution in [3.8, 4) is 0 Å². The Morgan fingerprint density at radius 2 is 2.31 bits per heavy atom. The van der Waals surface area contributed by atoms with Crippen LogP contribution < -0.4 is 5.32 Å². The van der Waals surface area contributed by atoms with E-state index in [0.717, 1.165) is 18.9 Å². The van der Waals surface area contributed by atoms with E-state index in [2.05, 4.69) is 15.4 Å². The van der Waals surface area contributed by atoms with Gasteiger partial charge >= 0.3 is 0 Å². The largest absolute Gasteiger partial charge is 0.383 e. The van der Waals surface area contributed by atoms with Crippen molar-refractivity contribution in [1.82, 2.24) is 20.1 Å². The first-order valence-corrected chi connectivity index (χ1v) is 5.37. The molecule has 6 heteroatoms. The Kier molecular flexibility index (Phi) is 5.99. The van der Waals surface area contributed by atoms with Crippen LogP contribution >= 0.6 is 0 Å². The van der Waals surface area contributed by atoms with E-state index >= 15 is 0 Å². The number of rotatable bonds is 8. The smallest absolute Gasteiger partial charge is 0.140 e. The molecule has 0 radical (unpaired) electrons. The SMILES string of the molecule is COCCNCc1ncnn1CC(C)OC. The van der Waals surface area contributed by atoms with Crippen molar-refractivity contribution in [1.29, 1.82) is 0 Å². The molecule has 1 aromatic rings. The van der Waals surface area contributed by atoms with Gasteiger partial charge in [-0.05, 0) is 6.92 Å². The average molecular weight is 228 g/mol. The number of nitrogens with zero attached hydrogens (tertiary/aromatic N) is 3. The number of ether oxygens (including phenoxy) is 2. The summed E-state index contributed by atoms with van der Waals surface area (Å²) in [6.45, 7) is 4.92. The van der Waals surface area contributed by atoms with Crippen molar-refractivity contribution >= 4 is 0 Å². The molecule has 0 fully saturated rings. The van der Waals surface area contributed by atoms with Crippen LogP contribution in [0.25, 0.3) is 0 Å². The maximum absolute atomic E-state index is 5.19. The Morgan fingerprint density at radius 1 is 1.50 bits per heavy atom. The highest BCUT2D eigenvalue weighted by molar-refractivity contribution is 4.84. The molecule has 1 unspecified atom stereocenters. The molecule has 0 aromatic carbocycles. The van der Waals surface area contributed by atoms with E-state index in [4.69, 9.17) is 9.47 Å². The van der Waals surface area contributed by atoms with Gasteiger partial charge in [-0.15, -0.1) is 0 Å². The van der Waals surface area contributed by atoms with Crippen LogP contribution in [0.5, 0.6) is 0 Å². The quantitative estimate of drug-likeness (QED) is 0.637. The predicted octanol–water partition coefficient (Wildman–Crippen LogP) is 0.0490. The zero-order chi connectivity index (χ0) is 11.8. The van der Waals surface area contributed by atoms with Gasteiger partial charge in [-0.2, -0.15) is 5.10 Å². The molecule has 6 nitrogen and oxygen atoms in total. The highest BCUT2D eigenvalue weighted by atomic mass is 16.5. The molecular weight excluding hydrogens is 208 g/mol. The lowest BCUT2D eigenvalue weighted by atomic mass is 10.4. The number of aromatic nitrogens is 3. The fourth-order valence-electron chi connectivity index (χ4n) is 1.27. The third-order valence-corrected chi connectivity index (χ3v) is 2.29. The van der Waals surface area contributed by atoms with E-state index in [9.17, 15) is 0 Å². The molecule has 0 spiro atoms. The second-order valence-electron chi connectivity index (χ2n) is 3.57. The first-order chi connectivity index (χ1) is 7.77. The maximum Gasteiger partial charge on any atom is 0.140 e. The van der Waals surface area contributed by atoms with Crippen LogP contribution in [-0.2, 0) is 22.6 Å². The molecule has 0 aliphatic carbocycles. The Balaban J connectivity index is 2.38. The lowest BCUT2D eigenvalue weighted by Crippen LogP contribution is -2.24. The fraction of sp³-hybridized carbons (Fsp3) is 0.800. The van der Waals surface area contributed by atoms with Crippen molar-refractivity contribution in [2.75, 3.05) is 27.4 Å². The van der Waals surface area contributed by atoms with Gasteiger partial charge < -0.3 is 14.8 Å². The van der Waals surface area contributed by atoms with Crippen LogP contribution in [-0.4, -0.2) is 48.2 Å². The van der Waals surface area contributed by atoms with Gasteiger partial charge in [0.2, 0.25) is 0 Å². The van der Waals surface area contributed by atoms with Gasteiger partial charge in [0.15, 0.2) is 0 Å². The lowest BCUT2D eigenvalue weighted by molar-refractivity contribution is 0.0986. The van der Waals surface area contributed by atoms with Gasteiger partial charge in [-0.1, -0.05) is 0 Å². The molecule has 0 bridgehead atoms. The normalized spacial score (nSPS) is 12.9. The standard InChI is InChI=1S/C10H20N4O2/c1-9(16-3)7-14-10(12-8-13-14)6-11-4-5-15-2/h8-9,11H,4-7H2,1-3H3. The molecule has 1 heterocycles. The van der Waals surface area contributed by atoms with E-state index in [1.807, 2.05) is 11.6 Å². The minimum absolute atomic E-state index is 0.138. The predicted molar refractivity (Wildman–Crippen MR) is 60.1 cm³/mol. The monoisotopic (exact) mass is 228 g/mol. The highest BCUT2D eigenvalue weighted by Crippen LogP contribution is 1.98. The molecule has 0 saturated heterocycles. The summed E-state index contributed by atoms with van der Waals surface area (Å²) in [4.78, 5) is 4.19. The first kappa shape index (κ1) is 13.1.